The topological polar surface area (TPSA) is 63.3 Å². The van der Waals surface area contributed by atoms with Crippen LogP contribution in [0.15, 0.2) is 22.7 Å². The summed E-state index contributed by atoms with van der Waals surface area (Å²) >= 11 is 8.74. The normalized spacial score (nSPS) is 14.9. The van der Waals surface area contributed by atoms with E-state index in [2.05, 4.69) is 15.9 Å². The van der Waals surface area contributed by atoms with Crippen LogP contribution < -0.4 is 5.73 Å². The maximum Gasteiger partial charge on any atom is 0.353 e. The highest BCUT2D eigenvalue weighted by Gasteiger charge is 2.33. The minimum Gasteiger partial charge on any atom is -0.368 e. The summed E-state index contributed by atoms with van der Waals surface area (Å²) in [5.41, 5.74) is 4.90. The number of nitrogens with two attached hydrogens (primary N) is 1. The minimum atomic E-state index is -4.01. The summed E-state index contributed by atoms with van der Waals surface area (Å²) in [5.74, 6) is -2.77. The fourth-order valence-corrected chi connectivity index (χ4v) is 2.40. The van der Waals surface area contributed by atoms with E-state index in [-0.39, 0.29) is 12.0 Å². The lowest BCUT2D eigenvalue weighted by molar-refractivity contribution is -0.206. The molecule has 0 saturated carbocycles. The van der Waals surface area contributed by atoms with Gasteiger partial charge in [-0.15, -0.1) is 11.6 Å². The molecule has 3 nitrogen and oxygen atoms in total. The van der Waals surface area contributed by atoms with E-state index < -0.39 is 35.5 Å². The number of benzene rings is 1. The molecule has 0 fully saturated rings. The molecule has 1 rings (SSSR count). The first-order chi connectivity index (χ1) is 9.10. The molecular formula is C12H12BrClF3NO2. The number of primary amides is 1. The molecule has 1 aromatic carbocycles. The van der Waals surface area contributed by atoms with Crippen LogP contribution in [0.1, 0.15) is 24.3 Å². The number of carbonyl (C=O) groups is 1. The summed E-state index contributed by atoms with van der Waals surface area (Å²) in [6, 6.07) is 3.80. The Morgan fingerprint density at radius 1 is 1.50 bits per heavy atom. The predicted molar refractivity (Wildman–Crippen MR) is 72.1 cm³/mol. The molecule has 112 valence electrons. The molecule has 0 aliphatic carbocycles. The van der Waals surface area contributed by atoms with E-state index in [0.717, 1.165) is 6.07 Å². The number of amides is 1. The van der Waals surface area contributed by atoms with Gasteiger partial charge in [0.05, 0.1) is 0 Å². The molecule has 0 aliphatic rings. The largest absolute Gasteiger partial charge is 0.368 e. The first-order valence-corrected chi connectivity index (χ1v) is 6.81. The van der Waals surface area contributed by atoms with Gasteiger partial charge in [-0.05, 0) is 36.1 Å². The molecule has 0 aromatic heterocycles. The van der Waals surface area contributed by atoms with Crippen molar-refractivity contribution in [1.29, 1.82) is 0 Å². The predicted octanol–water partition coefficient (Wildman–Crippen LogP) is 3.13. The highest BCUT2D eigenvalue weighted by Crippen LogP contribution is 2.35. The highest BCUT2D eigenvalue weighted by molar-refractivity contribution is 9.10. The molecule has 0 radical (unpaired) electrons. The van der Waals surface area contributed by atoms with E-state index in [4.69, 9.17) is 22.4 Å². The number of aliphatic hydroxyl groups is 1. The van der Waals surface area contributed by atoms with Gasteiger partial charge in [0.25, 0.3) is 0 Å². The summed E-state index contributed by atoms with van der Waals surface area (Å²) in [6.45, 7) is 0. The first kappa shape index (κ1) is 17.3. The second kappa shape index (κ2) is 6.78. The van der Waals surface area contributed by atoms with Crippen molar-refractivity contribution >= 4 is 33.4 Å². The van der Waals surface area contributed by atoms with Gasteiger partial charge in [0.1, 0.15) is 11.2 Å². The van der Waals surface area contributed by atoms with Gasteiger partial charge in [0.2, 0.25) is 5.91 Å². The molecule has 20 heavy (non-hydrogen) atoms. The smallest absolute Gasteiger partial charge is 0.353 e. The molecule has 1 amide bonds. The zero-order chi connectivity index (χ0) is 15.5. The summed E-state index contributed by atoms with van der Waals surface area (Å²) in [6.07, 6.45) is -5.37. The number of rotatable bonds is 6. The van der Waals surface area contributed by atoms with Crippen molar-refractivity contribution < 1.29 is 23.1 Å². The summed E-state index contributed by atoms with van der Waals surface area (Å²) in [5, 5.41) is 7.40. The third kappa shape index (κ3) is 5.30. The van der Waals surface area contributed by atoms with Crippen LogP contribution in [0.5, 0.6) is 0 Å². The first-order valence-electron chi connectivity index (χ1n) is 5.58. The molecule has 0 saturated heterocycles. The van der Waals surface area contributed by atoms with Crippen LogP contribution in [0.3, 0.4) is 0 Å². The Hall–Kier alpha value is -0.790. The van der Waals surface area contributed by atoms with Crippen LogP contribution in [-0.4, -0.2) is 22.5 Å². The third-order valence-corrected chi connectivity index (χ3v) is 3.58. The Morgan fingerprint density at radius 3 is 2.60 bits per heavy atom. The average Bonchev–Trinajstić information content (AvgIpc) is 2.29. The number of hydrogen-bond acceptors (Lipinski definition) is 2. The van der Waals surface area contributed by atoms with Crippen LogP contribution in [0.4, 0.5) is 13.2 Å². The molecule has 0 spiro atoms. The number of carbonyl (C=O) groups excluding carboxylic acids is 1. The Morgan fingerprint density at radius 2 is 2.10 bits per heavy atom. The van der Waals surface area contributed by atoms with Crippen LogP contribution in [0.25, 0.3) is 0 Å². The highest BCUT2D eigenvalue weighted by atomic mass is 79.9. The SMILES string of the molecule is NC(=O)C(Cl)CC(CC(O)(F)F)c1cc(Br)ccc1F. The van der Waals surface area contributed by atoms with Gasteiger partial charge in [0.15, 0.2) is 0 Å². The lowest BCUT2D eigenvalue weighted by Crippen LogP contribution is -2.28. The molecular weight excluding hydrogens is 362 g/mol. The van der Waals surface area contributed by atoms with Crippen molar-refractivity contribution in [2.24, 2.45) is 5.73 Å². The Labute approximate surface area is 127 Å². The second-order valence-electron chi connectivity index (χ2n) is 4.34. The average molecular weight is 375 g/mol. The Balaban J connectivity index is 3.09. The lowest BCUT2D eigenvalue weighted by Gasteiger charge is -2.22. The standard InChI is InChI=1S/C12H12BrClF3NO2/c13-7-1-2-10(15)8(4-7)6(5-12(16,17)20)3-9(14)11(18)19/h1-2,4,6,9,20H,3,5H2,(H2,18,19). The van der Waals surface area contributed by atoms with Crippen molar-refractivity contribution in [2.45, 2.75) is 30.2 Å². The molecule has 0 aliphatic heterocycles. The van der Waals surface area contributed by atoms with Gasteiger partial charge in [-0.1, -0.05) is 15.9 Å². The third-order valence-electron chi connectivity index (χ3n) is 2.69. The van der Waals surface area contributed by atoms with E-state index in [1.54, 1.807) is 0 Å². The van der Waals surface area contributed by atoms with Crippen LogP contribution in [0.2, 0.25) is 0 Å². The molecule has 2 atom stereocenters. The Bertz CT molecular complexity index is 496. The molecule has 1 aromatic rings. The quantitative estimate of drug-likeness (QED) is 0.752. The maximum absolute atomic E-state index is 13.7. The van der Waals surface area contributed by atoms with E-state index in [1.807, 2.05) is 0 Å². The van der Waals surface area contributed by atoms with Crippen LogP contribution >= 0.6 is 27.5 Å². The molecule has 0 heterocycles. The van der Waals surface area contributed by atoms with Crippen molar-refractivity contribution in [2.75, 3.05) is 0 Å². The Kier molecular flexibility index (Phi) is 5.85. The van der Waals surface area contributed by atoms with Crippen molar-refractivity contribution in [3.63, 3.8) is 0 Å². The number of halogens is 5. The summed E-state index contributed by atoms with van der Waals surface area (Å²) < 4.78 is 39.8. The van der Waals surface area contributed by atoms with Gasteiger partial charge in [-0.25, -0.2) is 4.39 Å². The summed E-state index contributed by atoms with van der Waals surface area (Å²) in [4.78, 5) is 10.9. The van der Waals surface area contributed by atoms with Gasteiger partial charge < -0.3 is 10.8 Å². The number of hydrogen-bond donors (Lipinski definition) is 2. The zero-order valence-corrected chi connectivity index (χ0v) is 12.5. The second-order valence-corrected chi connectivity index (χ2v) is 5.78. The van der Waals surface area contributed by atoms with Crippen molar-refractivity contribution in [3.8, 4) is 0 Å². The molecule has 8 heteroatoms. The maximum atomic E-state index is 13.7. The lowest BCUT2D eigenvalue weighted by atomic mass is 9.90. The van der Waals surface area contributed by atoms with E-state index in [0.29, 0.717) is 4.47 Å². The van der Waals surface area contributed by atoms with Gasteiger partial charge in [-0.3, -0.25) is 4.79 Å². The van der Waals surface area contributed by atoms with E-state index >= 15 is 0 Å². The van der Waals surface area contributed by atoms with Gasteiger partial charge >= 0.3 is 6.11 Å². The molecule has 3 N–H and O–H groups in total. The minimum absolute atomic E-state index is 0.0694. The molecule has 2 unspecified atom stereocenters. The summed E-state index contributed by atoms with van der Waals surface area (Å²) in [7, 11) is 0. The van der Waals surface area contributed by atoms with Gasteiger partial charge in [-0.2, -0.15) is 8.78 Å². The number of alkyl halides is 3. The van der Waals surface area contributed by atoms with Gasteiger partial charge in [0, 0.05) is 10.9 Å². The van der Waals surface area contributed by atoms with E-state index in [1.165, 1.54) is 12.1 Å². The van der Waals surface area contributed by atoms with Crippen molar-refractivity contribution in [3.05, 3.63) is 34.1 Å². The molecule has 0 bridgehead atoms. The monoisotopic (exact) mass is 373 g/mol. The van der Waals surface area contributed by atoms with Crippen LogP contribution in [-0.2, 0) is 4.79 Å². The fourth-order valence-electron chi connectivity index (χ4n) is 1.81. The van der Waals surface area contributed by atoms with Crippen molar-refractivity contribution in [1.82, 2.24) is 0 Å². The van der Waals surface area contributed by atoms with Crippen LogP contribution in [0, 0.1) is 5.82 Å². The zero-order valence-electron chi connectivity index (χ0n) is 10.1. The fraction of sp³-hybridized carbons (Fsp3) is 0.417. The van der Waals surface area contributed by atoms with E-state index in [9.17, 15) is 18.0 Å².